The molecule has 112 valence electrons. The lowest BCUT2D eigenvalue weighted by molar-refractivity contribution is 0.00545. The van der Waals surface area contributed by atoms with Crippen LogP contribution >= 0.6 is 0 Å². The molecule has 0 N–H and O–H groups in total. The van der Waals surface area contributed by atoms with Gasteiger partial charge in [-0.1, -0.05) is 38.1 Å². The van der Waals surface area contributed by atoms with Crippen molar-refractivity contribution in [1.29, 1.82) is 0 Å². The number of hydrogen-bond acceptors (Lipinski definition) is 2. The first-order valence-electron chi connectivity index (χ1n) is 7.90. The molecule has 2 fully saturated rings. The average Bonchev–Trinajstić information content (AvgIpc) is 2.74. The predicted molar refractivity (Wildman–Crippen MR) is 81.0 cm³/mol. The van der Waals surface area contributed by atoms with Crippen LogP contribution in [0.2, 0.25) is 0 Å². The third kappa shape index (κ3) is 1.33. The molecule has 1 saturated carbocycles. The Morgan fingerprint density at radius 3 is 2.67 bits per heavy atom. The second kappa shape index (κ2) is 3.63. The van der Waals surface area contributed by atoms with Crippen LogP contribution < -0.4 is 0 Å². The van der Waals surface area contributed by atoms with Gasteiger partial charge in [-0.3, -0.25) is 4.90 Å². The van der Waals surface area contributed by atoms with Gasteiger partial charge in [0, 0.05) is 0 Å². The maximum Gasteiger partial charge on any atom is 0.411 e. The third-order valence-corrected chi connectivity index (χ3v) is 6.66. The summed E-state index contributed by atoms with van der Waals surface area (Å²) in [5.41, 5.74) is 2.13. The highest BCUT2D eigenvalue weighted by Crippen LogP contribution is 2.61. The SMILES string of the molecule is CC1(C)c2ccccc2CN2C(=O)O[C@]3(C)CC[C@H]1[C@]23C. The average molecular weight is 285 g/mol. The van der Waals surface area contributed by atoms with E-state index in [0.29, 0.717) is 12.5 Å². The van der Waals surface area contributed by atoms with Gasteiger partial charge in [0.1, 0.15) is 5.60 Å². The highest BCUT2D eigenvalue weighted by Gasteiger charge is 2.70. The van der Waals surface area contributed by atoms with E-state index >= 15 is 0 Å². The minimum absolute atomic E-state index is 0.0475. The molecular weight excluding hydrogens is 262 g/mol. The van der Waals surface area contributed by atoms with E-state index in [9.17, 15) is 4.79 Å². The summed E-state index contributed by atoms with van der Waals surface area (Å²) < 4.78 is 5.84. The Morgan fingerprint density at radius 2 is 1.90 bits per heavy atom. The third-order valence-electron chi connectivity index (χ3n) is 6.66. The molecule has 21 heavy (non-hydrogen) atoms. The highest BCUT2D eigenvalue weighted by atomic mass is 16.6. The van der Waals surface area contributed by atoms with E-state index in [1.54, 1.807) is 0 Å². The quantitative estimate of drug-likeness (QED) is 0.724. The number of nitrogens with zero attached hydrogens (tertiary/aromatic N) is 1. The molecule has 3 atom stereocenters. The zero-order valence-electron chi connectivity index (χ0n) is 13.3. The minimum Gasteiger partial charge on any atom is -0.441 e. The fourth-order valence-electron chi connectivity index (χ4n) is 5.32. The van der Waals surface area contributed by atoms with Crippen molar-refractivity contribution in [2.75, 3.05) is 0 Å². The molecule has 3 heteroatoms. The molecule has 0 spiro atoms. The lowest BCUT2D eigenvalue weighted by Gasteiger charge is -2.45. The lowest BCUT2D eigenvalue weighted by atomic mass is 9.64. The smallest absolute Gasteiger partial charge is 0.411 e. The monoisotopic (exact) mass is 285 g/mol. The zero-order valence-corrected chi connectivity index (χ0v) is 13.3. The minimum atomic E-state index is -0.353. The van der Waals surface area contributed by atoms with Gasteiger partial charge in [-0.05, 0) is 49.1 Å². The van der Waals surface area contributed by atoms with Crippen LogP contribution in [0.4, 0.5) is 4.79 Å². The Hall–Kier alpha value is -1.51. The Kier molecular flexibility index (Phi) is 2.28. The van der Waals surface area contributed by atoms with E-state index in [1.165, 1.54) is 11.1 Å². The van der Waals surface area contributed by atoms with Crippen LogP contribution in [-0.4, -0.2) is 22.1 Å². The van der Waals surface area contributed by atoms with Crippen molar-refractivity contribution in [3.8, 4) is 0 Å². The highest BCUT2D eigenvalue weighted by molar-refractivity contribution is 5.74. The number of benzene rings is 1. The summed E-state index contributed by atoms with van der Waals surface area (Å²) >= 11 is 0. The Balaban J connectivity index is 1.98. The van der Waals surface area contributed by atoms with Crippen LogP contribution in [-0.2, 0) is 16.7 Å². The van der Waals surface area contributed by atoms with Crippen molar-refractivity contribution in [2.24, 2.45) is 5.92 Å². The second-order valence-corrected chi connectivity index (χ2v) is 7.80. The summed E-state index contributed by atoms with van der Waals surface area (Å²) in [6, 6.07) is 8.58. The molecule has 1 amide bonds. The molecule has 3 aliphatic rings. The standard InChI is InChI=1S/C18H23NO2/c1-16(2)13-8-6-5-7-12(13)11-19-15(20)21-17(3)10-9-14(16)18(17,19)4/h5-8,14H,9-11H2,1-4H3/t14-,17-,18+/m1/s1. The van der Waals surface area contributed by atoms with Crippen molar-refractivity contribution in [3.63, 3.8) is 0 Å². The van der Waals surface area contributed by atoms with Gasteiger partial charge in [-0.25, -0.2) is 4.79 Å². The van der Waals surface area contributed by atoms with Crippen LogP contribution in [0.1, 0.15) is 51.7 Å². The Labute approximate surface area is 126 Å². The zero-order chi connectivity index (χ0) is 15.0. The number of rotatable bonds is 0. The van der Waals surface area contributed by atoms with Gasteiger partial charge in [0.15, 0.2) is 0 Å². The first kappa shape index (κ1) is 13.2. The summed E-state index contributed by atoms with van der Waals surface area (Å²) in [5.74, 6) is 0.421. The van der Waals surface area contributed by atoms with Crippen LogP contribution in [0.25, 0.3) is 0 Å². The fourth-order valence-corrected chi connectivity index (χ4v) is 5.32. The molecule has 4 rings (SSSR count). The first-order chi connectivity index (χ1) is 9.81. The molecule has 0 unspecified atom stereocenters. The van der Waals surface area contributed by atoms with Gasteiger partial charge in [-0.2, -0.15) is 0 Å². The van der Waals surface area contributed by atoms with Crippen LogP contribution in [0.15, 0.2) is 24.3 Å². The fraction of sp³-hybridized carbons (Fsp3) is 0.611. The number of carbonyl (C=O) groups is 1. The van der Waals surface area contributed by atoms with E-state index < -0.39 is 0 Å². The summed E-state index contributed by atoms with van der Waals surface area (Å²) in [5, 5.41) is 0. The van der Waals surface area contributed by atoms with Crippen molar-refractivity contribution in [1.82, 2.24) is 4.90 Å². The van der Waals surface area contributed by atoms with Crippen molar-refractivity contribution in [3.05, 3.63) is 35.4 Å². The summed E-state index contributed by atoms with van der Waals surface area (Å²) in [7, 11) is 0. The van der Waals surface area contributed by atoms with Gasteiger partial charge >= 0.3 is 6.09 Å². The molecule has 0 aromatic heterocycles. The number of carbonyl (C=O) groups excluding carboxylic acids is 1. The number of fused-ring (bicyclic) bond motifs is 1. The molecule has 1 aromatic rings. The summed E-state index contributed by atoms with van der Waals surface area (Å²) in [4.78, 5) is 14.5. The molecule has 1 saturated heterocycles. The second-order valence-electron chi connectivity index (χ2n) is 7.80. The van der Waals surface area contributed by atoms with E-state index in [2.05, 4.69) is 52.0 Å². The molecule has 2 aliphatic heterocycles. The van der Waals surface area contributed by atoms with Crippen LogP contribution in [0.3, 0.4) is 0 Å². The van der Waals surface area contributed by atoms with Gasteiger partial charge in [-0.15, -0.1) is 0 Å². The van der Waals surface area contributed by atoms with E-state index in [0.717, 1.165) is 12.8 Å². The molecule has 1 aliphatic carbocycles. The topological polar surface area (TPSA) is 29.5 Å². The molecule has 1 aromatic carbocycles. The number of hydrogen-bond donors (Lipinski definition) is 0. The number of ether oxygens (including phenoxy) is 1. The lowest BCUT2D eigenvalue weighted by Crippen LogP contribution is -2.57. The van der Waals surface area contributed by atoms with Crippen LogP contribution in [0, 0.1) is 5.92 Å². The summed E-state index contributed by atoms with van der Waals surface area (Å²) in [6.45, 7) is 9.70. The van der Waals surface area contributed by atoms with Crippen molar-refractivity contribution < 1.29 is 9.53 Å². The molecule has 0 bridgehead atoms. The maximum atomic E-state index is 12.5. The van der Waals surface area contributed by atoms with Crippen LogP contribution in [0.5, 0.6) is 0 Å². The molecule has 2 heterocycles. The van der Waals surface area contributed by atoms with E-state index in [-0.39, 0.29) is 22.6 Å². The van der Waals surface area contributed by atoms with Gasteiger partial charge in [0.05, 0.1) is 12.1 Å². The molecule has 0 radical (unpaired) electrons. The Morgan fingerprint density at radius 1 is 1.19 bits per heavy atom. The van der Waals surface area contributed by atoms with Gasteiger partial charge in [0.25, 0.3) is 0 Å². The normalized spacial score (nSPS) is 39.5. The summed E-state index contributed by atoms with van der Waals surface area (Å²) in [6.07, 6.45) is 1.93. The maximum absolute atomic E-state index is 12.5. The molecule has 3 nitrogen and oxygen atoms in total. The number of amides is 1. The van der Waals surface area contributed by atoms with E-state index in [4.69, 9.17) is 4.74 Å². The Bertz CT molecular complexity index is 638. The van der Waals surface area contributed by atoms with E-state index in [1.807, 2.05) is 4.90 Å². The largest absolute Gasteiger partial charge is 0.441 e. The van der Waals surface area contributed by atoms with Crippen molar-refractivity contribution >= 4 is 6.09 Å². The van der Waals surface area contributed by atoms with Gasteiger partial charge < -0.3 is 4.74 Å². The van der Waals surface area contributed by atoms with Crippen molar-refractivity contribution in [2.45, 2.75) is 63.6 Å². The van der Waals surface area contributed by atoms with Gasteiger partial charge in [0.2, 0.25) is 0 Å². The predicted octanol–water partition coefficient (Wildman–Crippen LogP) is 3.86. The first-order valence-corrected chi connectivity index (χ1v) is 7.90. The molecular formula is C18H23NO2.